The van der Waals surface area contributed by atoms with Gasteiger partial charge in [-0.3, -0.25) is 0 Å². The second-order valence-electron chi connectivity index (χ2n) is 3.42. The Labute approximate surface area is 102 Å². The lowest BCUT2D eigenvalue weighted by atomic mass is 9.86. The van der Waals surface area contributed by atoms with Gasteiger partial charge in [0, 0.05) is 9.84 Å². The second kappa shape index (κ2) is 4.85. The SMILES string of the molecule is CCC(I)C(C)C(F)(C(F)(F)F)C(F)(F)F. The molecule has 0 bridgehead atoms. The van der Waals surface area contributed by atoms with Crippen molar-refractivity contribution in [3.8, 4) is 0 Å². The topological polar surface area (TPSA) is 0 Å². The molecule has 16 heavy (non-hydrogen) atoms. The Balaban J connectivity index is 5.44. The Kier molecular flexibility index (Phi) is 4.92. The van der Waals surface area contributed by atoms with E-state index in [0.29, 0.717) is 6.92 Å². The van der Waals surface area contributed by atoms with Crippen molar-refractivity contribution in [1.29, 1.82) is 0 Å². The zero-order valence-corrected chi connectivity index (χ0v) is 10.5. The molecule has 0 aromatic carbocycles. The molecule has 0 spiro atoms. The molecular formula is C8H10F7I. The highest BCUT2D eigenvalue weighted by Crippen LogP contribution is 2.52. The van der Waals surface area contributed by atoms with E-state index in [2.05, 4.69) is 0 Å². The Bertz CT molecular complexity index is 218. The summed E-state index contributed by atoms with van der Waals surface area (Å²) in [5.74, 6) is -2.18. The van der Waals surface area contributed by atoms with Crippen LogP contribution in [0, 0.1) is 5.92 Å². The quantitative estimate of drug-likeness (QED) is 0.387. The fourth-order valence-corrected chi connectivity index (χ4v) is 1.78. The fourth-order valence-electron chi connectivity index (χ4n) is 1.28. The average Bonchev–Trinajstić information content (AvgIpc) is 2.10. The molecule has 0 N–H and O–H groups in total. The van der Waals surface area contributed by atoms with Crippen LogP contribution in [0.25, 0.3) is 0 Å². The summed E-state index contributed by atoms with van der Waals surface area (Å²) in [5.41, 5.74) is -5.15. The van der Waals surface area contributed by atoms with Crippen molar-refractivity contribution in [3.63, 3.8) is 0 Å². The predicted molar refractivity (Wildman–Crippen MR) is 53.2 cm³/mol. The monoisotopic (exact) mass is 366 g/mol. The van der Waals surface area contributed by atoms with Gasteiger partial charge in [0.1, 0.15) is 0 Å². The number of rotatable bonds is 3. The molecule has 0 saturated heterocycles. The van der Waals surface area contributed by atoms with E-state index in [1.165, 1.54) is 29.5 Å². The van der Waals surface area contributed by atoms with E-state index in [0.717, 1.165) is 0 Å². The zero-order valence-electron chi connectivity index (χ0n) is 8.39. The first kappa shape index (κ1) is 16.2. The molecule has 0 aliphatic carbocycles. The van der Waals surface area contributed by atoms with Crippen LogP contribution >= 0.6 is 22.6 Å². The standard InChI is InChI=1S/C8H10F7I/c1-3-5(16)4(2)6(9,7(10,11)12)8(13,14)15/h4-5H,3H2,1-2H3. The zero-order chi connectivity index (χ0) is 13.4. The summed E-state index contributed by atoms with van der Waals surface area (Å²) in [4.78, 5) is 0. The van der Waals surface area contributed by atoms with E-state index < -0.39 is 27.9 Å². The highest BCUT2D eigenvalue weighted by molar-refractivity contribution is 14.1. The molecule has 0 radical (unpaired) electrons. The Hall–Kier alpha value is 0.240. The van der Waals surface area contributed by atoms with Gasteiger partial charge in [0.2, 0.25) is 0 Å². The second-order valence-corrected chi connectivity index (χ2v) is 5.02. The lowest BCUT2D eigenvalue weighted by molar-refractivity contribution is -0.355. The largest absolute Gasteiger partial charge is 0.431 e. The van der Waals surface area contributed by atoms with Gasteiger partial charge < -0.3 is 0 Å². The Morgan fingerprint density at radius 1 is 0.938 bits per heavy atom. The van der Waals surface area contributed by atoms with Gasteiger partial charge in [0.25, 0.3) is 0 Å². The van der Waals surface area contributed by atoms with Crippen LogP contribution in [0.4, 0.5) is 30.7 Å². The van der Waals surface area contributed by atoms with Crippen LogP contribution in [0.3, 0.4) is 0 Å². The van der Waals surface area contributed by atoms with Gasteiger partial charge >= 0.3 is 18.0 Å². The summed E-state index contributed by atoms with van der Waals surface area (Å²) < 4.78 is 85.8. The minimum absolute atomic E-state index is 0.0273. The molecule has 0 aromatic heterocycles. The van der Waals surface area contributed by atoms with Crippen molar-refractivity contribution >= 4 is 22.6 Å². The molecule has 0 aliphatic heterocycles. The van der Waals surface area contributed by atoms with Crippen molar-refractivity contribution in [2.75, 3.05) is 0 Å². The van der Waals surface area contributed by atoms with E-state index in [1.54, 1.807) is 0 Å². The number of alkyl halides is 8. The summed E-state index contributed by atoms with van der Waals surface area (Å²) >= 11 is 1.40. The third kappa shape index (κ3) is 2.73. The summed E-state index contributed by atoms with van der Waals surface area (Å²) in [5, 5.41) is 0. The van der Waals surface area contributed by atoms with Crippen molar-refractivity contribution in [2.45, 2.75) is 42.2 Å². The molecule has 0 heterocycles. The molecule has 8 heteroatoms. The third-order valence-corrected chi connectivity index (χ3v) is 4.34. The van der Waals surface area contributed by atoms with Gasteiger partial charge in [0.15, 0.2) is 0 Å². The van der Waals surface area contributed by atoms with Crippen LogP contribution in [0.5, 0.6) is 0 Å². The Morgan fingerprint density at radius 3 is 1.44 bits per heavy atom. The molecule has 0 aromatic rings. The summed E-state index contributed by atoms with van der Waals surface area (Å²) in [6, 6.07) is 0. The van der Waals surface area contributed by atoms with Crippen molar-refractivity contribution in [3.05, 3.63) is 0 Å². The molecule has 0 saturated carbocycles. The number of hydrogen-bond donors (Lipinski definition) is 0. The molecule has 2 unspecified atom stereocenters. The number of halogens is 8. The van der Waals surface area contributed by atoms with Crippen LogP contribution in [0.1, 0.15) is 20.3 Å². The van der Waals surface area contributed by atoms with Crippen molar-refractivity contribution in [2.24, 2.45) is 5.92 Å². The molecule has 0 amide bonds. The lowest BCUT2D eigenvalue weighted by Gasteiger charge is -2.36. The molecular weight excluding hydrogens is 356 g/mol. The normalized spacial score (nSPS) is 18.4. The summed E-state index contributed by atoms with van der Waals surface area (Å²) in [6.07, 6.45) is -11.9. The molecule has 0 nitrogen and oxygen atoms in total. The first-order chi connectivity index (χ1) is 6.89. The smallest absolute Gasteiger partial charge is 0.223 e. The molecule has 0 fully saturated rings. The van der Waals surface area contributed by atoms with Crippen LogP contribution in [-0.4, -0.2) is 21.9 Å². The highest BCUT2D eigenvalue weighted by Gasteiger charge is 2.75. The predicted octanol–water partition coefficient (Wildman–Crippen LogP) is 4.67. The van der Waals surface area contributed by atoms with Crippen molar-refractivity contribution < 1.29 is 30.7 Å². The lowest BCUT2D eigenvalue weighted by Crippen LogP contribution is -2.59. The van der Waals surface area contributed by atoms with Gasteiger partial charge in [0.05, 0.1) is 0 Å². The molecule has 0 rings (SSSR count). The summed E-state index contributed by atoms with van der Waals surface area (Å²) in [6.45, 7) is 2.03. The minimum Gasteiger partial charge on any atom is -0.223 e. The molecule has 98 valence electrons. The van der Waals surface area contributed by atoms with Crippen LogP contribution < -0.4 is 0 Å². The van der Waals surface area contributed by atoms with E-state index in [1.807, 2.05) is 0 Å². The van der Waals surface area contributed by atoms with E-state index in [9.17, 15) is 30.7 Å². The van der Waals surface area contributed by atoms with Crippen LogP contribution in [-0.2, 0) is 0 Å². The first-order valence-electron chi connectivity index (χ1n) is 4.36. The first-order valence-corrected chi connectivity index (χ1v) is 5.60. The highest BCUT2D eigenvalue weighted by atomic mass is 127. The third-order valence-electron chi connectivity index (χ3n) is 2.39. The maximum absolute atomic E-state index is 13.4. The maximum Gasteiger partial charge on any atom is 0.431 e. The van der Waals surface area contributed by atoms with Gasteiger partial charge in [-0.05, 0) is 6.42 Å². The molecule has 0 aliphatic rings. The van der Waals surface area contributed by atoms with Crippen LogP contribution in [0.2, 0.25) is 0 Å². The van der Waals surface area contributed by atoms with Gasteiger partial charge in [-0.15, -0.1) is 0 Å². The number of hydrogen-bond acceptors (Lipinski definition) is 0. The van der Waals surface area contributed by atoms with E-state index >= 15 is 0 Å². The fraction of sp³-hybridized carbons (Fsp3) is 1.00. The van der Waals surface area contributed by atoms with Crippen LogP contribution in [0.15, 0.2) is 0 Å². The van der Waals surface area contributed by atoms with Gasteiger partial charge in [-0.1, -0.05) is 36.4 Å². The van der Waals surface area contributed by atoms with E-state index in [4.69, 9.17) is 0 Å². The maximum atomic E-state index is 13.4. The Morgan fingerprint density at radius 2 is 1.25 bits per heavy atom. The van der Waals surface area contributed by atoms with Gasteiger partial charge in [-0.25, -0.2) is 4.39 Å². The van der Waals surface area contributed by atoms with Crippen molar-refractivity contribution in [1.82, 2.24) is 0 Å². The van der Waals surface area contributed by atoms with Gasteiger partial charge in [-0.2, -0.15) is 26.3 Å². The summed E-state index contributed by atoms with van der Waals surface area (Å²) in [7, 11) is 0. The van der Waals surface area contributed by atoms with E-state index in [-0.39, 0.29) is 6.42 Å². The minimum atomic E-state index is -5.96. The molecule has 2 atom stereocenters. The average molecular weight is 366 g/mol.